The van der Waals surface area contributed by atoms with Gasteiger partial charge in [-0.05, 0) is 73.1 Å². The monoisotopic (exact) mass is 520 g/mol. The van der Waals surface area contributed by atoms with Crippen molar-refractivity contribution in [2.45, 2.75) is 20.5 Å². The summed E-state index contributed by atoms with van der Waals surface area (Å²) in [7, 11) is 0. The molecule has 0 radical (unpaired) electrons. The lowest BCUT2D eigenvalue weighted by molar-refractivity contribution is -0.127. The maximum Gasteiger partial charge on any atom is 0.294 e. The Kier molecular flexibility index (Phi) is 8.25. The Morgan fingerprint density at radius 3 is 2.54 bits per heavy atom. The molecule has 0 aromatic heterocycles. The van der Waals surface area contributed by atoms with Crippen LogP contribution >= 0.6 is 11.8 Å². The van der Waals surface area contributed by atoms with Gasteiger partial charge >= 0.3 is 0 Å². The molecule has 1 heterocycles. The average molecular weight is 521 g/mol. The van der Waals surface area contributed by atoms with Crippen LogP contribution in [0, 0.1) is 12.7 Å². The van der Waals surface area contributed by atoms with Gasteiger partial charge < -0.3 is 14.8 Å². The van der Waals surface area contributed by atoms with Crippen molar-refractivity contribution in [1.29, 1.82) is 0 Å². The highest BCUT2D eigenvalue weighted by Gasteiger charge is 2.36. The van der Waals surface area contributed by atoms with Crippen molar-refractivity contribution in [1.82, 2.24) is 4.90 Å². The number of nitrogens with one attached hydrogen (secondary N) is 1. The zero-order valence-corrected chi connectivity index (χ0v) is 21.1. The Morgan fingerprint density at radius 1 is 1.03 bits per heavy atom. The van der Waals surface area contributed by atoms with Gasteiger partial charge in [-0.1, -0.05) is 42.0 Å². The van der Waals surface area contributed by atoms with Gasteiger partial charge in [-0.3, -0.25) is 19.3 Å². The van der Waals surface area contributed by atoms with Crippen LogP contribution in [0.5, 0.6) is 11.5 Å². The molecule has 0 aliphatic carbocycles. The van der Waals surface area contributed by atoms with E-state index in [4.69, 9.17) is 9.47 Å². The number of anilines is 1. The average Bonchev–Trinajstić information content (AvgIpc) is 3.12. The summed E-state index contributed by atoms with van der Waals surface area (Å²) in [5.41, 5.74) is 3.06. The lowest BCUT2D eigenvalue weighted by atomic mass is 10.1. The topological polar surface area (TPSA) is 84.9 Å². The standard InChI is InChI=1S/C28H25FN2O5S/c1-3-35-24-13-20(11-12-23(24)36-17-19-9-7-18(2)8-10-19)14-25-27(33)31(28(34)37-25)16-26(32)30-22-6-4-5-21(29)15-22/h4-15H,3,16-17H2,1-2H3,(H,30,32)/b25-14+. The van der Waals surface area contributed by atoms with E-state index in [1.165, 1.54) is 23.8 Å². The number of nitrogens with zero attached hydrogens (tertiary/aromatic N) is 1. The van der Waals surface area contributed by atoms with Gasteiger partial charge in [0.15, 0.2) is 11.5 Å². The fourth-order valence-electron chi connectivity index (χ4n) is 3.55. The molecule has 3 aromatic carbocycles. The van der Waals surface area contributed by atoms with Gasteiger partial charge in [0.1, 0.15) is 19.0 Å². The van der Waals surface area contributed by atoms with Crippen molar-refractivity contribution in [3.05, 3.63) is 94.1 Å². The summed E-state index contributed by atoms with van der Waals surface area (Å²) < 4.78 is 25.0. The lowest BCUT2D eigenvalue weighted by Gasteiger charge is -2.13. The second-order valence-corrected chi connectivity index (χ2v) is 9.23. The predicted molar refractivity (Wildman–Crippen MR) is 141 cm³/mol. The van der Waals surface area contributed by atoms with E-state index in [0.29, 0.717) is 30.3 Å². The van der Waals surface area contributed by atoms with E-state index in [-0.39, 0.29) is 10.6 Å². The van der Waals surface area contributed by atoms with E-state index in [1.54, 1.807) is 24.3 Å². The molecule has 4 rings (SSSR count). The molecule has 0 spiro atoms. The van der Waals surface area contributed by atoms with Crippen LogP contribution in [0.4, 0.5) is 14.9 Å². The van der Waals surface area contributed by atoms with E-state index < -0.39 is 29.4 Å². The Hall–Kier alpha value is -4.11. The molecule has 1 fully saturated rings. The second kappa shape index (κ2) is 11.7. The summed E-state index contributed by atoms with van der Waals surface area (Å²) in [6.07, 6.45) is 1.57. The van der Waals surface area contributed by atoms with Crippen molar-refractivity contribution in [2.75, 3.05) is 18.5 Å². The number of thioether (sulfide) groups is 1. The number of carbonyl (C=O) groups is 3. The number of halogens is 1. The van der Waals surface area contributed by atoms with Crippen molar-refractivity contribution in [3.63, 3.8) is 0 Å². The number of imide groups is 1. The van der Waals surface area contributed by atoms with Crippen LogP contribution in [-0.2, 0) is 16.2 Å². The second-order valence-electron chi connectivity index (χ2n) is 8.24. The predicted octanol–water partition coefficient (Wildman–Crippen LogP) is 5.79. The first-order valence-corrected chi connectivity index (χ1v) is 12.4. The lowest BCUT2D eigenvalue weighted by Crippen LogP contribution is -2.36. The van der Waals surface area contributed by atoms with Crippen LogP contribution in [0.2, 0.25) is 0 Å². The molecule has 1 N–H and O–H groups in total. The van der Waals surface area contributed by atoms with Crippen LogP contribution in [-0.4, -0.2) is 35.1 Å². The minimum absolute atomic E-state index is 0.180. The summed E-state index contributed by atoms with van der Waals surface area (Å²) >= 11 is 0.746. The highest BCUT2D eigenvalue weighted by molar-refractivity contribution is 8.18. The van der Waals surface area contributed by atoms with Crippen molar-refractivity contribution in [3.8, 4) is 11.5 Å². The van der Waals surface area contributed by atoms with Crippen LogP contribution < -0.4 is 14.8 Å². The maximum atomic E-state index is 13.3. The zero-order valence-electron chi connectivity index (χ0n) is 20.3. The number of ether oxygens (including phenoxy) is 2. The zero-order chi connectivity index (χ0) is 26.4. The molecule has 0 bridgehead atoms. The van der Waals surface area contributed by atoms with Crippen molar-refractivity contribution >= 4 is 40.6 Å². The van der Waals surface area contributed by atoms with E-state index >= 15 is 0 Å². The molecule has 3 aromatic rings. The highest BCUT2D eigenvalue weighted by atomic mass is 32.2. The SMILES string of the molecule is CCOc1cc(/C=C2/SC(=O)N(CC(=O)Nc3cccc(F)c3)C2=O)ccc1OCc1ccc(C)cc1. The molecule has 1 aliphatic heterocycles. The summed E-state index contributed by atoms with van der Waals surface area (Å²) in [4.78, 5) is 38.6. The van der Waals surface area contributed by atoms with Gasteiger partial charge in [0.05, 0.1) is 11.5 Å². The van der Waals surface area contributed by atoms with Crippen molar-refractivity contribution < 1.29 is 28.2 Å². The minimum atomic E-state index is -0.608. The van der Waals surface area contributed by atoms with Gasteiger partial charge in [0.2, 0.25) is 5.91 Å². The summed E-state index contributed by atoms with van der Waals surface area (Å²) in [5, 5.41) is 1.92. The Balaban J connectivity index is 1.44. The van der Waals surface area contributed by atoms with Gasteiger partial charge in [0.25, 0.3) is 11.1 Å². The minimum Gasteiger partial charge on any atom is -0.490 e. The number of rotatable bonds is 9. The molecular formula is C28H25FN2O5S. The third-order valence-electron chi connectivity index (χ3n) is 5.36. The number of aryl methyl sites for hydroxylation is 1. The van der Waals surface area contributed by atoms with Gasteiger partial charge in [-0.2, -0.15) is 0 Å². The van der Waals surface area contributed by atoms with E-state index in [9.17, 15) is 18.8 Å². The third-order valence-corrected chi connectivity index (χ3v) is 6.27. The van der Waals surface area contributed by atoms with Gasteiger partial charge in [0, 0.05) is 5.69 Å². The molecule has 1 aliphatic rings. The van der Waals surface area contributed by atoms with E-state index in [0.717, 1.165) is 28.3 Å². The molecule has 7 nitrogen and oxygen atoms in total. The molecule has 190 valence electrons. The molecule has 3 amide bonds. The molecule has 0 atom stereocenters. The third kappa shape index (κ3) is 6.77. The first-order valence-electron chi connectivity index (χ1n) is 11.6. The molecular weight excluding hydrogens is 495 g/mol. The van der Waals surface area contributed by atoms with Gasteiger partial charge in [-0.15, -0.1) is 0 Å². The van der Waals surface area contributed by atoms with Crippen LogP contribution in [0.1, 0.15) is 23.6 Å². The number of benzene rings is 3. The summed E-state index contributed by atoms with van der Waals surface area (Å²) in [6, 6.07) is 18.6. The molecule has 0 unspecified atom stereocenters. The molecule has 1 saturated heterocycles. The Bertz CT molecular complexity index is 1360. The first-order chi connectivity index (χ1) is 17.8. The molecule has 0 saturated carbocycles. The first kappa shape index (κ1) is 26.0. The van der Waals surface area contributed by atoms with Crippen LogP contribution in [0.25, 0.3) is 6.08 Å². The molecule has 9 heteroatoms. The summed E-state index contributed by atoms with van der Waals surface area (Å²) in [5.74, 6) is -0.631. The Morgan fingerprint density at radius 2 is 1.81 bits per heavy atom. The summed E-state index contributed by atoms with van der Waals surface area (Å²) in [6.45, 7) is 4.19. The maximum absolute atomic E-state index is 13.3. The largest absolute Gasteiger partial charge is 0.490 e. The van der Waals surface area contributed by atoms with Gasteiger partial charge in [-0.25, -0.2) is 4.39 Å². The Labute approximate surface area is 218 Å². The van der Waals surface area contributed by atoms with Crippen LogP contribution in [0.3, 0.4) is 0 Å². The quantitative estimate of drug-likeness (QED) is 0.360. The smallest absolute Gasteiger partial charge is 0.294 e. The highest BCUT2D eigenvalue weighted by Crippen LogP contribution is 2.35. The van der Waals surface area contributed by atoms with E-state index in [1.807, 2.05) is 38.1 Å². The normalized spacial score (nSPS) is 14.2. The van der Waals surface area contributed by atoms with Crippen molar-refractivity contribution in [2.24, 2.45) is 0 Å². The fraction of sp³-hybridized carbons (Fsp3) is 0.179. The molecule has 37 heavy (non-hydrogen) atoms. The number of hydrogen-bond donors (Lipinski definition) is 1. The van der Waals surface area contributed by atoms with E-state index in [2.05, 4.69) is 5.32 Å². The number of hydrogen-bond acceptors (Lipinski definition) is 6. The number of amides is 3. The fourth-order valence-corrected chi connectivity index (χ4v) is 4.38. The number of carbonyl (C=O) groups excluding carboxylic acids is 3. The van der Waals surface area contributed by atoms with Crippen LogP contribution in [0.15, 0.2) is 71.6 Å².